The van der Waals surface area contributed by atoms with E-state index in [9.17, 15) is 9.90 Å². The molecule has 1 unspecified atom stereocenters. The van der Waals surface area contributed by atoms with Crippen LogP contribution in [-0.4, -0.2) is 46.7 Å². The molecule has 7 nitrogen and oxygen atoms in total. The summed E-state index contributed by atoms with van der Waals surface area (Å²) in [5.74, 6) is 1.29. The summed E-state index contributed by atoms with van der Waals surface area (Å²) in [6.45, 7) is 0.669. The average molecular weight is 363 g/mol. The van der Waals surface area contributed by atoms with Crippen molar-refractivity contribution in [2.45, 2.75) is 18.5 Å². The summed E-state index contributed by atoms with van der Waals surface area (Å²) in [6.07, 6.45) is 0.671. The summed E-state index contributed by atoms with van der Waals surface area (Å²) in [7, 11) is 1.64. The van der Waals surface area contributed by atoms with E-state index >= 15 is 0 Å². The fraction of sp³-hybridized carbons (Fsp3) is 0.250. The standard InChI is InChI=1S/C20H21N5O2/c1-21-20(27)16-10-12(11-22-16)23-18-13-6-2-4-8-15(13)24-19(25-18)14-7-3-5-9-17(14)26/h2-9,12,16,22,26H,10-11H2,1H3,(H,21,27)(H,23,24,25)/t12-,16?/m0/s1. The van der Waals surface area contributed by atoms with E-state index in [0.717, 1.165) is 10.9 Å². The van der Waals surface area contributed by atoms with E-state index in [1.165, 1.54) is 0 Å². The van der Waals surface area contributed by atoms with E-state index < -0.39 is 0 Å². The Labute approximate surface area is 156 Å². The van der Waals surface area contributed by atoms with Crippen LogP contribution < -0.4 is 16.0 Å². The van der Waals surface area contributed by atoms with E-state index in [-0.39, 0.29) is 23.7 Å². The van der Waals surface area contributed by atoms with Gasteiger partial charge in [-0.3, -0.25) is 4.79 Å². The molecule has 1 aromatic heterocycles. The quantitative estimate of drug-likeness (QED) is 0.565. The zero-order valence-electron chi connectivity index (χ0n) is 14.9. The number of hydrogen-bond acceptors (Lipinski definition) is 6. The van der Waals surface area contributed by atoms with Crippen LogP contribution in [0.4, 0.5) is 5.82 Å². The minimum absolute atomic E-state index is 0.0123. The lowest BCUT2D eigenvalue weighted by atomic mass is 10.1. The number of hydrogen-bond donors (Lipinski definition) is 4. The first-order valence-electron chi connectivity index (χ1n) is 8.92. The first-order chi connectivity index (χ1) is 13.2. The third-order valence-electron chi connectivity index (χ3n) is 4.78. The Hall–Kier alpha value is -3.19. The van der Waals surface area contributed by atoms with Crippen LogP contribution in [0.2, 0.25) is 0 Å². The second-order valence-corrected chi connectivity index (χ2v) is 6.58. The maximum atomic E-state index is 11.8. The van der Waals surface area contributed by atoms with Gasteiger partial charge in [0.2, 0.25) is 5.91 Å². The lowest BCUT2D eigenvalue weighted by Gasteiger charge is -2.16. The van der Waals surface area contributed by atoms with Gasteiger partial charge in [-0.15, -0.1) is 0 Å². The second-order valence-electron chi connectivity index (χ2n) is 6.58. The predicted octanol–water partition coefficient (Wildman–Crippen LogP) is 1.89. The first-order valence-corrected chi connectivity index (χ1v) is 8.92. The van der Waals surface area contributed by atoms with Crippen LogP contribution in [0.1, 0.15) is 6.42 Å². The SMILES string of the molecule is CNC(=O)C1C[C@H](Nc2nc(-c3ccccc3O)nc3ccccc23)CN1. The summed E-state index contributed by atoms with van der Waals surface area (Å²) in [4.78, 5) is 21.1. The number of nitrogens with zero attached hydrogens (tertiary/aromatic N) is 2. The Bertz CT molecular complexity index is 991. The van der Waals surface area contributed by atoms with Gasteiger partial charge in [0.25, 0.3) is 0 Å². The molecule has 3 aromatic rings. The molecule has 1 aliphatic heterocycles. The molecular formula is C20H21N5O2. The van der Waals surface area contributed by atoms with Crippen molar-refractivity contribution in [1.82, 2.24) is 20.6 Å². The van der Waals surface area contributed by atoms with Gasteiger partial charge in [0, 0.05) is 25.0 Å². The molecule has 1 aliphatic rings. The van der Waals surface area contributed by atoms with Crippen molar-refractivity contribution in [1.29, 1.82) is 0 Å². The molecule has 1 saturated heterocycles. The zero-order valence-corrected chi connectivity index (χ0v) is 14.9. The molecular weight excluding hydrogens is 342 g/mol. The fourth-order valence-corrected chi connectivity index (χ4v) is 3.38. The monoisotopic (exact) mass is 363 g/mol. The number of carbonyl (C=O) groups is 1. The van der Waals surface area contributed by atoms with Gasteiger partial charge >= 0.3 is 0 Å². The normalized spacial score (nSPS) is 19.1. The van der Waals surface area contributed by atoms with Crippen LogP contribution in [0.15, 0.2) is 48.5 Å². The van der Waals surface area contributed by atoms with Crippen molar-refractivity contribution in [2.24, 2.45) is 0 Å². The number of benzene rings is 2. The molecule has 1 amide bonds. The van der Waals surface area contributed by atoms with Crippen LogP contribution >= 0.6 is 0 Å². The number of anilines is 1. The molecule has 2 atom stereocenters. The number of carbonyl (C=O) groups excluding carboxylic acids is 1. The lowest BCUT2D eigenvalue weighted by molar-refractivity contribution is -0.122. The zero-order chi connectivity index (χ0) is 18.8. The van der Waals surface area contributed by atoms with E-state index in [1.807, 2.05) is 30.3 Å². The molecule has 138 valence electrons. The Morgan fingerprint density at radius 2 is 1.93 bits per heavy atom. The van der Waals surface area contributed by atoms with Crippen molar-refractivity contribution < 1.29 is 9.90 Å². The lowest BCUT2D eigenvalue weighted by Crippen LogP contribution is -2.38. The summed E-state index contributed by atoms with van der Waals surface area (Å²) < 4.78 is 0. The molecule has 0 saturated carbocycles. The highest BCUT2D eigenvalue weighted by Gasteiger charge is 2.29. The molecule has 4 N–H and O–H groups in total. The van der Waals surface area contributed by atoms with Crippen LogP contribution in [-0.2, 0) is 4.79 Å². The van der Waals surface area contributed by atoms with Crippen molar-refractivity contribution in [3.8, 4) is 17.1 Å². The number of likely N-dealkylation sites (N-methyl/N-ethyl adjacent to an activating group) is 1. The van der Waals surface area contributed by atoms with Gasteiger partial charge in [0.1, 0.15) is 11.6 Å². The fourth-order valence-electron chi connectivity index (χ4n) is 3.38. The summed E-state index contributed by atoms with van der Waals surface area (Å²) in [5, 5.41) is 20.4. The Balaban J connectivity index is 1.70. The highest BCUT2D eigenvalue weighted by molar-refractivity contribution is 5.91. The van der Waals surface area contributed by atoms with Gasteiger partial charge in [-0.05, 0) is 30.7 Å². The molecule has 0 aliphatic carbocycles. The number of aromatic hydroxyl groups is 1. The van der Waals surface area contributed by atoms with Gasteiger partial charge in [0.15, 0.2) is 5.82 Å². The topological polar surface area (TPSA) is 99.2 Å². The molecule has 4 rings (SSSR count). The molecule has 2 aromatic carbocycles. The molecule has 7 heteroatoms. The number of rotatable bonds is 4. The Kier molecular flexibility index (Phi) is 4.60. The van der Waals surface area contributed by atoms with E-state index in [1.54, 1.807) is 25.2 Å². The number of phenolic OH excluding ortho intramolecular Hbond substituents is 1. The summed E-state index contributed by atoms with van der Waals surface area (Å²) >= 11 is 0. The number of amides is 1. The Morgan fingerprint density at radius 1 is 1.15 bits per heavy atom. The van der Waals surface area contributed by atoms with E-state index in [0.29, 0.717) is 30.2 Å². The molecule has 2 heterocycles. The number of fused-ring (bicyclic) bond motifs is 1. The Morgan fingerprint density at radius 3 is 2.74 bits per heavy atom. The van der Waals surface area contributed by atoms with Crippen molar-refractivity contribution >= 4 is 22.6 Å². The van der Waals surface area contributed by atoms with Crippen LogP contribution in [0.25, 0.3) is 22.3 Å². The van der Waals surface area contributed by atoms with Crippen LogP contribution in [0, 0.1) is 0 Å². The summed E-state index contributed by atoms with van der Waals surface area (Å²) in [5.41, 5.74) is 1.38. The molecule has 0 radical (unpaired) electrons. The average Bonchev–Trinajstić information content (AvgIpc) is 3.16. The largest absolute Gasteiger partial charge is 0.507 e. The number of nitrogens with one attached hydrogen (secondary N) is 3. The highest BCUT2D eigenvalue weighted by Crippen LogP contribution is 2.30. The molecule has 27 heavy (non-hydrogen) atoms. The molecule has 0 spiro atoms. The van der Waals surface area contributed by atoms with Crippen molar-refractivity contribution in [2.75, 3.05) is 18.9 Å². The number of phenols is 1. The third kappa shape index (κ3) is 3.41. The molecule has 0 bridgehead atoms. The van der Waals surface area contributed by atoms with E-state index in [4.69, 9.17) is 0 Å². The van der Waals surface area contributed by atoms with Crippen LogP contribution in [0.3, 0.4) is 0 Å². The third-order valence-corrected chi connectivity index (χ3v) is 4.78. The van der Waals surface area contributed by atoms with Gasteiger partial charge in [-0.25, -0.2) is 9.97 Å². The minimum Gasteiger partial charge on any atom is -0.507 e. The van der Waals surface area contributed by atoms with Gasteiger partial charge in [-0.1, -0.05) is 24.3 Å². The van der Waals surface area contributed by atoms with Crippen molar-refractivity contribution in [3.63, 3.8) is 0 Å². The summed E-state index contributed by atoms with van der Waals surface area (Å²) in [6, 6.07) is 14.6. The maximum Gasteiger partial charge on any atom is 0.236 e. The van der Waals surface area contributed by atoms with E-state index in [2.05, 4.69) is 25.9 Å². The van der Waals surface area contributed by atoms with Gasteiger partial charge < -0.3 is 21.1 Å². The highest BCUT2D eigenvalue weighted by atomic mass is 16.3. The number of aromatic nitrogens is 2. The predicted molar refractivity (Wildman–Crippen MR) is 105 cm³/mol. The van der Waals surface area contributed by atoms with Gasteiger partial charge in [-0.2, -0.15) is 0 Å². The number of para-hydroxylation sites is 2. The smallest absolute Gasteiger partial charge is 0.236 e. The second kappa shape index (κ2) is 7.20. The van der Waals surface area contributed by atoms with Crippen molar-refractivity contribution in [3.05, 3.63) is 48.5 Å². The maximum absolute atomic E-state index is 11.8. The van der Waals surface area contributed by atoms with Gasteiger partial charge in [0.05, 0.1) is 17.1 Å². The first kappa shape index (κ1) is 17.2. The van der Waals surface area contributed by atoms with Crippen LogP contribution in [0.5, 0.6) is 5.75 Å². The molecule has 1 fully saturated rings. The minimum atomic E-state index is -0.210.